The number of H-pyrrole nitrogens is 1. The highest BCUT2D eigenvalue weighted by Crippen LogP contribution is 2.26. The zero-order valence-electron chi connectivity index (χ0n) is 13.0. The molecule has 1 aliphatic carbocycles. The number of nitrogens with one attached hydrogen (secondary N) is 2. The van der Waals surface area contributed by atoms with Gasteiger partial charge < -0.3 is 20.1 Å². The molecule has 23 heavy (non-hydrogen) atoms. The normalized spacial score (nSPS) is 21.1. The second kappa shape index (κ2) is 6.32. The quantitative estimate of drug-likeness (QED) is 0.808. The van der Waals surface area contributed by atoms with Gasteiger partial charge in [0.05, 0.1) is 13.0 Å². The number of hydrogen-bond acceptors (Lipinski definition) is 3. The van der Waals surface area contributed by atoms with Gasteiger partial charge in [-0.3, -0.25) is 9.59 Å². The molecule has 6 heteroatoms. The maximum absolute atomic E-state index is 12.4. The van der Waals surface area contributed by atoms with E-state index in [9.17, 15) is 14.7 Å². The van der Waals surface area contributed by atoms with Crippen molar-refractivity contribution in [3.05, 3.63) is 30.0 Å². The lowest BCUT2D eigenvalue weighted by Gasteiger charge is -2.29. The Hall–Kier alpha value is -2.50. The molecule has 1 saturated carbocycles. The number of aromatic amines is 1. The van der Waals surface area contributed by atoms with Gasteiger partial charge in [-0.2, -0.15) is 0 Å². The summed E-state index contributed by atoms with van der Waals surface area (Å²) in [6.45, 7) is 0. The fourth-order valence-electron chi connectivity index (χ4n) is 3.20. The smallest absolute Gasteiger partial charge is 0.308 e. The minimum atomic E-state index is -0.837. The first kappa shape index (κ1) is 15.4. The predicted octanol–water partition coefficient (Wildman–Crippen LogP) is 2.55. The van der Waals surface area contributed by atoms with Gasteiger partial charge in [0.2, 0.25) is 0 Å². The summed E-state index contributed by atoms with van der Waals surface area (Å²) in [5, 5.41) is 13.1. The van der Waals surface area contributed by atoms with E-state index in [-0.39, 0.29) is 11.9 Å². The predicted molar refractivity (Wildman–Crippen MR) is 85.7 cm³/mol. The van der Waals surface area contributed by atoms with Gasteiger partial charge in [-0.25, -0.2) is 0 Å². The van der Waals surface area contributed by atoms with Crippen LogP contribution in [0.3, 0.4) is 0 Å². The van der Waals surface area contributed by atoms with Gasteiger partial charge in [0, 0.05) is 23.0 Å². The number of ether oxygens (including phenoxy) is 1. The molecular formula is C17H20N2O4. The van der Waals surface area contributed by atoms with Gasteiger partial charge in [-0.05, 0) is 31.0 Å². The highest BCUT2D eigenvalue weighted by atomic mass is 16.5. The molecule has 0 radical (unpaired) electrons. The lowest BCUT2D eigenvalue weighted by Crippen LogP contribution is -2.45. The molecule has 122 valence electrons. The molecule has 0 spiro atoms. The number of rotatable bonds is 4. The first-order valence-electron chi connectivity index (χ1n) is 7.79. The van der Waals surface area contributed by atoms with E-state index in [1.54, 1.807) is 13.2 Å². The van der Waals surface area contributed by atoms with Gasteiger partial charge >= 0.3 is 5.97 Å². The molecule has 1 amide bonds. The lowest BCUT2D eigenvalue weighted by atomic mass is 9.84. The molecule has 0 bridgehead atoms. The second-order valence-corrected chi connectivity index (χ2v) is 5.95. The van der Waals surface area contributed by atoms with Gasteiger partial charge in [0.15, 0.2) is 0 Å². The summed E-state index contributed by atoms with van der Waals surface area (Å²) >= 11 is 0. The maximum Gasteiger partial charge on any atom is 0.308 e. The van der Waals surface area contributed by atoms with E-state index in [1.165, 1.54) is 0 Å². The summed E-state index contributed by atoms with van der Waals surface area (Å²) in [6.07, 6.45) is 3.16. The summed E-state index contributed by atoms with van der Waals surface area (Å²) in [5.41, 5.74) is 1.25. The van der Waals surface area contributed by atoms with Crippen molar-refractivity contribution in [2.45, 2.75) is 31.7 Å². The van der Waals surface area contributed by atoms with E-state index in [0.29, 0.717) is 24.3 Å². The molecule has 0 unspecified atom stereocenters. The number of carbonyl (C=O) groups excluding carboxylic acids is 1. The number of carboxylic acids is 1. The minimum absolute atomic E-state index is 0.265. The molecular weight excluding hydrogens is 296 g/mol. The summed E-state index contributed by atoms with van der Waals surface area (Å²) in [7, 11) is 1.59. The highest BCUT2D eigenvalue weighted by molar-refractivity contribution is 5.98. The molecule has 3 N–H and O–H groups in total. The zero-order chi connectivity index (χ0) is 16.4. The topological polar surface area (TPSA) is 91.4 Å². The number of aromatic nitrogens is 1. The van der Waals surface area contributed by atoms with Crippen molar-refractivity contribution in [1.82, 2.24) is 10.3 Å². The van der Waals surface area contributed by atoms with E-state index in [2.05, 4.69) is 10.3 Å². The van der Waals surface area contributed by atoms with Gasteiger partial charge in [0.25, 0.3) is 5.91 Å². The third-order valence-electron chi connectivity index (χ3n) is 4.47. The number of amides is 1. The van der Waals surface area contributed by atoms with Crippen LogP contribution >= 0.6 is 0 Å². The van der Waals surface area contributed by atoms with E-state index >= 15 is 0 Å². The molecule has 1 aromatic carbocycles. The number of methoxy groups -OCH3 is 1. The van der Waals surface area contributed by atoms with Crippen LogP contribution in [0.25, 0.3) is 10.9 Å². The number of fused-ring (bicyclic) bond motifs is 1. The van der Waals surface area contributed by atoms with Crippen LogP contribution in [0.5, 0.6) is 5.75 Å². The van der Waals surface area contributed by atoms with Crippen LogP contribution in [0.15, 0.2) is 24.3 Å². The fraction of sp³-hybridized carbons (Fsp3) is 0.412. The molecule has 2 atom stereocenters. The van der Waals surface area contributed by atoms with Crippen molar-refractivity contribution in [3.8, 4) is 5.75 Å². The van der Waals surface area contributed by atoms with Gasteiger partial charge in [0.1, 0.15) is 11.4 Å². The Morgan fingerprint density at radius 3 is 2.78 bits per heavy atom. The van der Waals surface area contributed by atoms with Crippen molar-refractivity contribution in [1.29, 1.82) is 0 Å². The summed E-state index contributed by atoms with van der Waals surface area (Å²) in [6, 6.07) is 6.99. The first-order chi connectivity index (χ1) is 11.1. The number of carbonyl (C=O) groups is 2. The zero-order valence-corrected chi connectivity index (χ0v) is 13.0. The van der Waals surface area contributed by atoms with Gasteiger partial charge in [-0.1, -0.05) is 12.8 Å². The Kier molecular flexibility index (Phi) is 4.23. The molecule has 3 rings (SSSR count). The van der Waals surface area contributed by atoms with Crippen molar-refractivity contribution in [2.75, 3.05) is 7.11 Å². The third kappa shape index (κ3) is 3.16. The number of aliphatic carboxylic acids is 1. The Morgan fingerprint density at radius 1 is 1.26 bits per heavy atom. The number of carboxylic acid groups (broad SMARTS) is 1. The minimum Gasteiger partial charge on any atom is -0.497 e. The molecule has 0 saturated heterocycles. The van der Waals surface area contributed by atoms with Gasteiger partial charge in [-0.15, -0.1) is 0 Å². The maximum atomic E-state index is 12.4. The van der Waals surface area contributed by atoms with Crippen LogP contribution in [-0.2, 0) is 4.79 Å². The van der Waals surface area contributed by atoms with Crippen LogP contribution in [0.1, 0.15) is 36.2 Å². The average molecular weight is 316 g/mol. The average Bonchev–Trinajstić information content (AvgIpc) is 2.98. The molecule has 6 nitrogen and oxygen atoms in total. The SMILES string of the molecule is COc1ccc2cc(C(=O)N[C@H]3CCCC[C@H]3C(=O)O)[nH]c2c1. The molecule has 1 aliphatic rings. The molecule has 1 aromatic heterocycles. The highest BCUT2D eigenvalue weighted by Gasteiger charge is 2.32. The van der Waals surface area contributed by atoms with Crippen molar-refractivity contribution in [2.24, 2.45) is 5.92 Å². The Morgan fingerprint density at radius 2 is 2.04 bits per heavy atom. The number of hydrogen-bond donors (Lipinski definition) is 3. The van der Waals surface area contributed by atoms with E-state index in [1.807, 2.05) is 18.2 Å². The number of benzene rings is 1. The van der Waals surface area contributed by atoms with Crippen LogP contribution in [0.4, 0.5) is 0 Å². The van der Waals surface area contributed by atoms with Crippen LogP contribution in [-0.4, -0.2) is 35.1 Å². The van der Waals surface area contributed by atoms with Crippen molar-refractivity contribution < 1.29 is 19.4 Å². The molecule has 2 aromatic rings. The molecule has 1 fully saturated rings. The Bertz CT molecular complexity index is 737. The van der Waals surface area contributed by atoms with Crippen LogP contribution < -0.4 is 10.1 Å². The monoisotopic (exact) mass is 316 g/mol. The third-order valence-corrected chi connectivity index (χ3v) is 4.47. The van der Waals surface area contributed by atoms with Crippen molar-refractivity contribution in [3.63, 3.8) is 0 Å². The van der Waals surface area contributed by atoms with Crippen LogP contribution in [0, 0.1) is 5.92 Å². The fourth-order valence-corrected chi connectivity index (χ4v) is 3.20. The summed E-state index contributed by atoms with van der Waals surface area (Å²) < 4.78 is 5.17. The Labute approximate surface area is 133 Å². The van der Waals surface area contributed by atoms with E-state index < -0.39 is 11.9 Å². The van der Waals surface area contributed by atoms with Crippen molar-refractivity contribution >= 4 is 22.8 Å². The Balaban J connectivity index is 1.78. The lowest BCUT2D eigenvalue weighted by molar-refractivity contribution is -0.143. The van der Waals surface area contributed by atoms with E-state index in [0.717, 1.165) is 23.7 Å². The summed E-state index contributed by atoms with van der Waals surface area (Å²) in [5.74, 6) is -0.892. The molecule has 1 heterocycles. The second-order valence-electron chi connectivity index (χ2n) is 5.95. The standard InChI is InChI=1S/C17H20N2O4/c1-23-11-7-6-10-8-15(18-14(10)9-11)16(20)19-13-5-3-2-4-12(13)17(21)22/h6-9,12-13,18H,2-5H2,1H3,(H,19,20)(H,21,22)/t12-,13+/m1/s1. The largest absolute Gasteiger partial charge is 0.497 e. The summed E-state index contributed by atoms with van der Waals surface area (Å²) in [4.78, 5) is 26.8. The van der Waals surface area contributed by atoms with E-state index in [4.69, 9.17) is 4.74 Å². The van der Waals surface area contributed by atoms with Crippen LogP contribution in [0.2, 0.25) is 0 Å². The first-order valence-corrected chi connectivity index (χ1v) is 7.79. The molecule has 0 aliphatic heterocycles.